The van der Waals surface area contributed by atoms with Gasteiger partial charge in [0.05, 0.1) is 30.7 Å². The van der Waals surface area contributed by atoms with E-state index in [0.717, 1.165) is 0 Å². The van der Waals surface area contributed by atoms with Gasteiger partial charge in [-0.15, -0.1) is 0 Å². The van der Waals surface area contributed by atoms with Crippen LogP contribution in [0, 0.1) is 10.1 Å². The monoisotopic (exact) mass is 372 g/mol. The lowest BCUT2D eigenvalue weighted by Crippen LogP contribution is -2.22. The molecule has 0 fully saturated rings. The van der Waals surface area contributed by atoms with Crippen molar-refractivity contribution in [3.05, 3.63) is 52.6 Å². The summed E-state index contributed by atoms with van der Waals surface area (Å²) in [4.78, 5) is 42.0. The van der Waals surface area contributed by atoms with Crippen molar-refractivity contribution in [1.82, 2.24) is 15.4 Å². The molecule has 1 aromatic carbocycles. The van der Waals surface area contributed by atoms with E-state index >= 15 is 0 Å². The quantitative estimate of drug-likeness (QED) is 0.425. The number of nitro groups is 1. The topological polar surface area (TPSA) is 149 Å². The van der Waals surface area contributed by atoms with E-state index in [9.17, 15) is 19.7 Å². The highest BCUT2D eigenvalue weighted by Crippen LogP contribution is 2.28. The molecule has 0 radical (unpaired) electrons. The van der Waals surface area contributed by atoms with Crippen LogP contribution >= 0.6 is 0 Å². The molecule has 2 amide bonds. The number of carbonyl (C=O) groups is 2. The number of anilines is 1. The number of aromatic nitrogens is 2. The number of nitrogens with one attached hydrogen (secondary N) is 2. The van der Waals surface area contributed by atoms with Gasteiger partial charge in [0.1, 0.15) is 17.1 Å². The molecule has 0 spiro atoms. The lowest BCUT2D eigenvalue weighted by molar-refractivity contribution is -0.384. The zero-order chi connectivity index (χ0) is 19.8. The Labute approximate surface area is 153 Å². The van der Waals surface area contributed by atoms with Crippen LogP contribution in [-0.4, -0.2) is 39.5 Å². The fraction of sp³-hybridized carbons (Fsp3) is 0.188. The number of benzene rings is 1. The van der Waals surface area contributed by atoms with Crippen molar-refractivity contribution >= 4 is 28.9 Å². The summed E-state index contributed by atoms with van der Waals surface area (Å²) in [7, 11) is 1.38. The lowest BCUT2D eigenvalue weighted by Gasteiger charge is -2.07. The predicted octanol–water partition coefficient (Wildman–Crippen LogP) is 1.53. The second-order valence-electron chi connectivity index (χ2n) is 5.24. The first kappa shape index (κ1) is 19.4. The summed E-state index contributed by atoms with van der Waals surface area (Å²) in [6.45, 7) is 1.53. The Morgan fingerprint density at radius 3 is 2.74 bits per heavy atom. The molecule has 0 bridgehead atoms. The first-order valence-electron chi connectivity index (χ1n) is 7.62. The Bertz CT molecular complexity index is 884. The van der Waals surface area contributed by atoms with Gasteiger partial charge in [0, 0.05) is 18.1 Å². The minimum atomic E-state index is -0.625. The molecule has 2 N–H and O–H groups in total. The van der Waals surface area contributed by atoms with E-state index in [4.69, 9.17) is 4.74 Å². The number of nitrogens with zero attached hydrogens (tertiary/aromatic N) is 4. The lowest BCUT2D eigenvalue weighted by atomic mass is 10.2. The van der Waals surface area contributed by atoms with Gasteiger partial charge in [0.25, 0.3) is 11.6 Å². The number of rotatable bonds is 7. The van der Waals surface area contributed by atoms with E-state index in [1.165, 1.54) is 50.8 Å². The average Bonchev–Trinajstić information content (AvgIpc) is 2.66. The molecule has 0 atom stereocenters. The molecule has 0 aliphatic carbocycles. The first-order valence-corrected chi connectivity index (χ1v) is 7.62. The molecule has 2 aromatic rings. The van der Waals surface area contributed by atoms with Crippen LogP contribution in [0.1, 0.15) is 23.8 Å². The molecule has 1 aromatic heterocycles. The molecular formula is C16H16N6O5. The maximum atomic E-state index is 12.1. The number of carbonyl (C=O) groups excluding carboxylic acids is 2. The fourth-order valence-corrected chi connectivity index (χ4v) is 1.98. The predicted molar refractivity (Wildman–Crippen MR) is 95.5 cm³/mol. The average molecular weight is 372 g/mol. The van der Waals surface area contributed by atoms with Crippen LogP contribution in [0.25, 0.3) is 0 Å². The summed E-state index contributed by atoms with van der Waals surface area (Å²) in [5.41, 5.74) is 2.36. The van der Waals surface area contributed by atoms with E-state index in [-0.39, 0.29) is 23.5 Å². The van der Waals surface area contributed by atoms with Crippen molar-refractivity contribution in [2.45, 2.75) is 13.3 Å². The van der Waals surface area contributed by atoms with Gasteiger partial charge in [0.15, 0.2) is 0 Å². The number of ether oxygens (including phenoxy) is 1. The van der Waals surface area contributed by atoms with E-state index < -0.39 is 16.7 Å². The van der Waals surface area contributed by atoms with Crippen molar-refractivity contribution in [2.75, 3.05) is 12.4 Å². The summed E-state index contributed by atoms with van der Waals surface area (Å²) in [5, 5.41) is 17.4. The number of hydrogen-bond donors (Lipinski definition) is 2. The minimum Gasteiger partial charge on any atom is -0.496 e. The Kier molecular flexibility index (Phi) is 6.47. The molecule has 0 aliphatic heterocycles. The summed E-state index contributed by atoms with van der Waals surface area (Å²) < 4.78 is 4.93. The number of nitro benzene ring substituents is 1. The summed E-state index contributed by atoms with van der Waals surface area (Å²) in [5.74, 6) is -0.809. The highest BCUT2D eigenvalue weighted by molar-refractivity contribution is 6.06. The Morgan fingerprint density at radius 1 is 1.33 bits per heavy atom. The van der Waals surface area contributed by atoms with Crippen molar-refractivity contribution in [3.8, 4) is 5.75 Å². The molecule has 0 aliphatic rings. The van der Waals surface area contributed by atoms with E-state index in [0.29, 0.717) is 11.5 Å². The molecule has 1 heterocycles. The maximum absolute atomic E-state index is 12.1. The zero-order valence-electron chi connectivity index (χ0n) is 14.5. The Hall–Kier alpha value is -3.89. The van der Waals surface area contributed by atoms with Gasteiger partial charge < -0.3 is 10.1 Å². The van der Waals surface area contributed by atoms with Crippen molar-refractivity contribution < 1.29 is 19.2 Å². The molecule has 27 heavy (non-hydrogen) atoms. The number of methoxy groups -OCH3 is 1. The third-order valence-electron chi connectivity index (χ3n) is 3.24. The van der Waals surface area contributed by atoms with Crippen LogP contribution in [0.15, 0.2) is 41.9 Å². The van der Waals surface area contributed by atoms with Crippen LogP contribution in [0.3, 0.4) is 0 Å². The number of amides is 2. The second-order valence-corrected chi connectivity index (χ2v) is 5.24. The third kappa shape index (κ3) is 5.56. The van der Waals surface area contributed by atoms with Crippen molar-refractivity contribution in [2.24, 2.45) is 5.10 Å². The van der Waals surface area contributed by atoms with Crippen LogP contribution < -0.4 is 15.5 Å². The van der Waals surface area contributed by atoms with Crippen LogP contribution in [-0.2, 0) is 4.79 Å². The van der Waals surface area contributed by atoms with Gasteiger partial charge in [-0.25, -0.2) is 10.4 Å². The molecule has 0 unspecified atom stereocenters. The molecule has 11 heteroatoms. The molecule has 0 saturated carbocycles. The summed E-state index contributed by atoms with van der Waals surface area (Å²) in [6.07, 6.45) is 3.88. The zero-order valence-corrected chi connectivity index (χ0v) is 14.5. The number of hydrazone groups is 1. The largest absolute Gasteiger partial charge is 0.496 e. The van der Waals surface area contributed by atoms with Crippen LogP contribution in [0.4, 0.5) is 11.4 Å². The molecule has 11 nitrogen and oxygen atoms in total. The van der Waals surface area contributed by atoms with Gasteiger partial charge in [0.2, 0.25) is 5.91 Å². The van der Waals surface area contributed by atoms with Gasteiger partial charge in [-0.2, -0.15) is 5.10 Å². The standard InChI is InChI=1S/C16H16N6O5/c1-10(20-21-16(24)13-9-17-5-6-18-13)7-15(23)19-12-4-3-11(27-2)8-14(12)22(25)26/h3-6,8-9H,7H2,1-2H3,(H,19,23)(H,21,24)/b20-10-. The van der Waals surface area contributed by atoms with E-state index in [1.54, 1.807) is 0 Å². The molecule has 2 rings (SSSR count). The highest BCUT2D eigenvalue weighted by Gasteiger charge is 2.17. The maximum Gasteiger partial charge on any atom is 0.296 e. The SMILES string of the molecule is COc1ccc(NC(=O)C/C(C)=N\NC(=O)c2cnccn2)c([N+](=O)[O-])c1. The number of hydrogen-bond acceptors (Lipinski definition) is 8. The van der Waals surface area contributed by atoms with Gasteiger partial charge in [-0.3, -0.25) is 24.7 Å². The second kappa shape index (κ2) is 8.99. The normalized spacial score (nSPS) is 10.8. The molecule has 0 saturated heterocycles. The van der Waals surface area contributed by atoms with Crippen LogP contribution in [0.2, 0.25) is 0 Å². The smallest absolute Gasteiger partial charge is 0.296 e. The van der Waals surface area contributed by atoms with Crippen LogP contribution in [0.5, 0.6) is 5.75 Å². The summed E-state index contributed by atoms with van der Waals surface area (Å²) in [6, 6.07) is 4.07. The van der Waals surface area contributed by atoms with E-state index in [2.05, 4.69) is 25.8 Å². The Morgan fingerprint density at radius 2 is 2.11 bits per heavy atom. The minimum absolute atomic E-state index is 0.0298. The van der Waals surface area contributed by atoms with Gasteiger partial charge in [-0.1, -0.05) is 0 Å². The van der Waals surface area contributed by atoms with E-state index in [1.807, 2.05) is 0 Å². The fourth-order valence-electron chi connectivity index (χ4n) is 1.98. The van der Waals surface area contributed by atoms with Gasteiger partial charge in [-0.05, 0) is 19.1 Å². The van der Waals surface area contributed by atoms with Crippen molar-refractivity contribution in [1.29, 1.82) is 0 Å². The van der Waals surface area contributed by atoms with Crippen molar-refractivity contribution in [3.63, 3.8) is 0 Å². The summed E-state index contributed by atoms with van der Waals surface area (Å²) >= 11 is 0. The Balaban J connectivity index is 1.99. The molecular weight excluding hydrogens is 356 g/mol. The molecule has 140 valence electrons. The third-order valence-corrected chi connectivity index (χ3v) is 3.24. The highest BCUT2D eigenvalue weighted by atomic mass is 16.6. The van der Waals surface area contributed by atoms with Gasteiger partial charge >= 0.3 is 0 Å². The first-order chi connectivity index (χ1) is 12.9.